The van der Waals surface area contributed by atoms with Gasteiger partial charge in [-0.25, -0.2) is 4.98 Å². The minimum atomic E-state index is -0.496. The monoisotopic (exact) mass is 481 g/mol. The maximum Gasteiger partial charge on any atom is 0.167 e. The Morgan fingerprint density at radius 3 is 2.42 bits per heavy atom. The van der Waals surface area contributed by atoms with Crippen LogP contribution in [0.2, 0.25) is 0 Å². The number of pyridine rings is 1. The van der Waals surface area contributed by atoms with Crippen molar-refractivity contribution in [2.24, 2.45) is 5.41 Å². The number of benzene rings is 2. The van der Waals surface area contributed by atoms with Crippen molar-refractivity contribution in [3.8, 4) is 0 Å². The molecule has 0 radical (unpaired) electrons. The van der Waals surface area contributed by atoms with E-state index in [1.54, 1.807) is 0 Å². The van der Waals surface area contributed by atoms with Crippen LogP contribution in [-0.2, 0) is 16.1 Å². The SMILES string of the molecule is Cc1ccc(CN2CC(C)(C)C(=O)/C(=C\c3cccc(N4CCOCC4)n3)C2c2ccccc2)cc1. The number of Topliss-reactive ketones (excluding diaryl/α,β-unsaturated/α-hetero) is 1. The number of ether oxygens (including phenoxy) is 1. The fourth-order valence-electron chi connectivity index (χ4n) is 5.28. The quantitative estimate of drug-likeness (QED) is 0.453. The lowest BCUT2D eigenvalue weighted by atomic mass is 9.74. The summed E-state index contributed by atoms with van der Waals surface area (Å²) in [6.07, 6.45) is 2.02. The third kappa shape index (κ3) is 5.28. The number of carbonyl (C=O) groups is 1. The molecule has 3 aromatic rings. The fraction of sp³-hybridized carbons (Fsp3) is 0.355. The molecule has 3 heterocycles. The topological polar surface area (TPSA) is 45.7 Å². The number of aryl methyl sites for hydroxylation is 1. The molecule has 0 amide bonds. The highest BCUT2D eigenvalue weighted by Crippen LogP contribution is 2.42. The summed E-state index contributed by atoms with van der Waals surface area (Å²) in [4.78, 5) is 23.5. The van der Waals surface area contributed by atoms with Gasteiger partial charge in [0.25, 0.3) is 0 Å². The van der Waals surface area contributed by atoms with E-state index in [0.29, 0.717) is 19.8 Å². The van der Waals surface area contributed by atoms with Gasteiger partial charge in [0.05, 0.1) is 24.9 Å². The van der Waals surface area contributed by atoms with E-state index in [1.165, 1.54) is 11.1 Å². The molecule has 2 saturated heterocycles. The fourth-order valence-corrected chi connectivity index (χ4v) is 5.28. The van der Waals surface area contributed by atoms with E-state index in [1.807, 2.05) is 30.3 Å². The maximum absolute atomic E-state index is 13.9. The number of carbonyl (C=O) groups excluding carboxylic acids is 1. The van der Waals surface area contributed by atoms with Gasteiger partial charge in [0.15, 0.2) is 5.78 Å². The van der Waals surface area contributed by atoms with Crippen molar-refractivity contribution in [1.29, 1.82) is 0 Å². The van der Waals surface area contributed by atoms with Gasteiger partial charge in [-0.1, -0.05) is 80.1 Å². The van der Waals surface area contributed by atoms with Gasteiger partial charge in [0.1, 0.15) is 5.82 Å². The summed E-state index contributed by atoms with van der Waals surface area (Å²) in [5.74, 6) is 1.12. The van der Waals surface area contributed by atoms with Crippen LogP contribution >= 0.6 is 0 Å². The van der Waals surface area contributed by atoms with E-state index in [2.05, 4.69) is 79.1 Å². The number of morpholine rings is 1. The third-order valence-electron chi connectivity index (χ3n) is 7.15. The molecule has 2 fully saturated rings. The zero-order valence-corrected chi connectivity index (χ0v) is 21.5. The molecule has 5 nitrogen and oxygen atoms in total. The Balaban J connectivity index is 1.56. The first-order chi connectivity index (χ1) is 17.4. The number of piperidine rings is 1. The van der Waals surface area contributed by atoms with Gasteiger partial charge in [-0.3, -0.25) is 9.69 Å². The van der Waals surface area contributed by atoms with Gasteiger partial charge >= 0.3 is 0 Å². The van der Waals surface area contributed by atoms with Crippen molar-refractivity contribution >= 4 is 17.7 Å². The number of rotatable bonds is 5. The summed E-state index contributed by atoms with van der Waals surface area (Å²) < 4.78 is 5.51. The molecule has 36 heavy (non-hydrogen) atoms. The number of aromatic nitrogens is 1. The second-order valence-electron chi connectivity index (χ2n) is 10.5. The second kappa shape index (κ2) is 10.4. The van der Waals surface area contributed by atoms with Crippen LogP contribution in [-0.4, -0.2) is 48.5 Å². The predicted octanol–water partition coefficient (Wildman–Crippen LogP) is 5.46. The zero-order valence-electron chi connectivity index (χ0n) is 21.5. The van der Waals surface area contributed by atoms with E-state index in [4.69, 9.17) is 9.72 Å². The number of anilines is 1. The lowest BCUT2D eigenvalue weighted by molar-refractivity contribution is -0.128. The average molecular weight is 482 g/mol. The Labute approximate surface area is 214 Å². The normalized spacial score (nSPS) is 21.6. The number of hydrogen-bond acceptors (Lipinski definition) is 5. The summed E-state index contributed by atoms with van der Waals surface area (Å²) in [5, 5.41) is 0. The third-order valence-corrected chi connectivity index (χ3v) is 7.15. The van der Waals surface area contributed by atoms with E-state index in [0.717, 1.165) is 42.3 Å². The largest absolute Gasteiger partial charge is 0.378 e. The molecule has 186 valence electrons. The molecule has 0 N–H and O–H groups in total. The van der Waals surface area contributed by atoms with Gasteiger partial charge < -0.3 is 9.64 Å². The number of ketones is 1. The first-order valence-corrected chi connectivity index (χ1v) is 12.8. The van der Waals surface area contributed by atoms with Gasteiger partial charge in [-0.2, -0.15) is 0 Å². The molecule has 0 bridgehead atoms. The van der Waals surface area contributed by atoms with Crippen LogP contribution in [0.3, 0.4) is 0 Å². The molecule has 0 saturated carbocycles. The van der Waals surface area contributed by atoms with Gasteiger partial charge in [-0.15, -0.1) is 0 Å². The second-order valence-corrected chi connectivity index (χ2v) is 10.5. The Morgan fingerprint density at radius 1 is 0.972 bits per heavy atom. The molecule has 2 aromatic carbocycles. The molecule has 0 spiro atoms. The Bertz CT molecular complexity index is 1230. The van der Waals surface area contributed by atoms with Crippen molar-refractivity contribution in [1.82, 2.24) is 9.88 Å². The number of likely N-dealkylation sites (tertiary alicyclic amines) is 1. The van der Waals surface area contributed by atoms with Crippen LogP contribution in [0, 0.1) is 12.3 Å². The first-order valence-electron chi connectivity index (χ1n) is 12.8. The summed E-state index contributed by atoms with van der Waals surface area (Å²) in [7, 11) is 0. The highest BCUT2D eigenvalue weighted by molar-refractivity contribution is 6.05. The van der Waals surface area contributed by atoms with Crippen LogP contribution in [0.25, 0.3) is 6.08 Å². The molecule has 2 aliphatic heterocycles. The Morgan fingerprint density at radius 2 is 1.69 bits per heavy atom. The molecule has 1 atom stereocenters. The molecule has 1 aromatic heterocycles. The van der Waals surface area contributed by atoms with Crippen LogP contribution in [0.15, 0.2) is 78.4 Å². The average Bonchev–Trinajstić information content (AvgIpc) is 2.89. The molecule has 0 aliphatic carbocycles. The van der Waals surface area contributed by atoms with Crippen molar-refractivity contribution in [3.63, 3.8) is 0 Å². The minimum Gasteiger partial charge on any atom is -0.378 e. The van der Waals surface area contributed by atoms with E-state index in [-0.39, 0.29) is 11.8 Å². The molecule has 5 heteroatoms. The smallest absolute Gasteiger partial charge is 0.167 e. The highest BCUT2D eigenvalue weighted by atomic mass is 16.5. The van der Waals surface area contributed by atoms with Crippen molar-refractivity contribution in [2.75, 3.05) is 37.7 Å². The van der Waals surface area contributed by atoms with Crippen molar-refractivity contribution < 1.29 is 9.53 Å². The molecular weight excluding hydrogens is 446 g/mol. The molecule has 1 unspecified atom stereocenters. The first kappa shape index (κ1) is 24.4. The van der Waals surface area contributed by atoms with E-state index < -0.39 is 5.41 Å². The molecular formula is C31H35N3O2. The molecule has 5 rings (SSSR count). The summed E-state index contributed by atoms with van der Waals surface area (Å²) in [5.41, 5.74) is 4.75. The van der Waals surface area contributed by atoms with Crippen LogP contribution in [0.4, 0.5) is 5.82 Å². The van der Waals surface area contributed by atoms with Crippen LogP contribution in [0.5, 0.6) is 0 Å². The lowest BCUT2D eigenvalue weighted by Crippen LogP contribution is -2.49. The van der Waals surface area contributed by atoms with Gasteiger partial charge in [-0.05, 0) is 36.3 Å². The Hall–Kier alpha value is -3.28. The maximum atomic E-state index is 13.9. The summed E-state index contributed by atoms with van der Waals surface area (Å²) in [6.45, 7) is 10.8. The minimum absolute atomic E-state index is 0.137. The predicted molar refractivity (Wildman–Crippen MR) is 145 cm³/mol. The standard InChI is InChI=1S/C31H35N3O2/c1-23-12-14-24(15-13-23)21-34-22-31(2,3)30(35)27(29(34)25-8-5-4-6-9-25)20-26-10-7-11-28(32-26)33-16-18-36-19-17-33/h4-15,20,29H,16-19,21-22H2,1-3H3/b27-20-. The summed E-state index contributed by atoms with van der Waals surface area (Å²) in [6, 6.07) is 25.0. The number of hydrogen-bond donors (Lipinski definition) is 0. The zero-order chi connectivity index (χ0) is 25.1. The lowest BCUT2D eigenvalue weighted by Gasteiger charge is -2.44. The van der Waals surface area contributed by atoms with Crippen molar-refractivity contribution in [2.45, 2.75) is 33.4 Å². The van der Waals surface area contributed by atoms with Crippen LogP contribution < -0.4 is 4.90 Å². The van der Waals surface area contributed by atoms with E-state index >= 15 is 0 Å². The van der Waals surface area contributed by atoms with Crippen molar-refractivity contribution in [3.05, 3.63) is 101 Å². The highest BCUT2D eigenvalue weighted by Gasteiger charge is 2.43. The van der Waals surface area contributed by atoms with Gasteiger partial charge in [0, 0.05) is 37.2 Å². The number of nitrogens with zero attached hydrogens (tertiary/aromatic N) is 3. The molecule has 2 aliphatic rings. The Kier molecular flexibility index (Phi) is 7.04. The van der Waals surface area contributed by atoms with E-state index in [9.17, 15) is 4.79 Å². The van der Waals surface area contributed by atoms with Gasteiger partial charge in [0.2, 0.25) is 0 Å². The van der Waals surface area contributed by atoms with Crippen LogP contribution in [0.1, 0.15) is 42.3 Å². The summed E-state index contributed by atoms with van der Waals surface area (Å²) >= 11 is 0.